The van der Waals surface area contributed by atoms with Crippen LogP contribution in [0, 0.1) is 0 Å². The van der Waals surface area contributed by atoms with E-state index in [2.05, 4.69) is 17.3 Å². The summed E-state index contributed by atoms with van der Waals surface area (Å²) in [5.74, 6) is 0.411. The number of rotatable bonds is 8. The van der Waals surface area contributed by atoms with Crippen molar-refractivity contribution in [1.82, 2.24) is 10.2 Å². The van der Waals surface area contributed by atoms with E-state index in [1.54, 1.807) is 11.8 Å². The Labute approximate surface area is 112 Å². The quantitative estimate of drug-likeness (QED) is 0.506. The van der Waals surface area contributed by atoms with Gasteiger partial charge < -0.3 is 15.3 Å². The fourth-order valence-electron chi connectivity index (χ4n) is 2.20. The van der Waals surface area contributed by atoms with Gasteiger partial charge >= 0.3 is 5.97 Å². The molecule has 0 spiro atoms. The molecule has 1 rings (SSSR count). The zero-order valence-electron chi connectivity index (χ0n) is 10.8. The Morgan fingerprint density at radius 3 is 3.00 bits per heavy atom. The van der Waals surface area contributed by atoms with E-state index in [4.69, 9.17) is 5.11 Å². The van der Waals surface area contributed by atoms with Gasteiger partial charge in [0.05, 0.1) is 0 Å². The second-order valence-corrected chi connectivity index (χ2v) is 5.82. The van der Waals surface area contributed by atoms with Crippen molar-refractivity contribution in [1.29, 1.82) is 0 Å². The Hall–Kier alpha value is -0.750. The number of likely N-dealkylation sites (tertiary alicyclic amines) is 1. The van der Waals surface area contributed by atoms with Crippen LogP contribution < -0.4 is 5.32 Å². The number of carboxylic acid groups (broad SMARTS) is 1. The maximum Gasteiger partial charge on any atom is 0.327 e. The summed E-state index contributed by atoms with van der Waals surface area (Å²) in [6, 6.07) is -0.134. The second-order valence-electron chi connectivity index (χ2n) is 4.67. The lowest BCUT2D eigenvalue weighted by Gasteiger charge is -2.32. The van der Waals surface area contributed by atoms with Gasteiger partial charge in [0, 0.05) is 11.8 Å². The van der Waals surface area contributed by atoms with Gasteiger partial charge in [0.25, 0.3) is 0 Å². The molecular weight excluding hydrogens is 252 g/mol. The number of amides is 1. The third-order valence-electron chi connectivity index (χ3n) is 3.37. The summed E-state index contributed by atoms with van der Waals surface area (Å²) in [4.78, 5) is 23.4. The minimum atomic E-state index is -0.968. The highest BCUT2D eigenvalue weighted by Gasteiger charge is 2.19. The first kappa shape index (κ1) is 15.3. The van der Waals surface area contributed by atoms with Crippen molar-refractivity contribution in [2.75, 3.05) is 25.1 Å². The number of hydrogen-bond acceptors (Lipinski definition) is 4. The van der Waals surface area contributed by atoms with Crippen LogP contribution in [0.1, 0.15) is 25.7 Å². The predicted molar refractivity (Wildman–Crippen MR) is 72.8 cm³/mol. The van der Waals surface area contributed by atoms with Crippen LogP contribution in [0.15, 0.2) is 0 Å². The van der Waals surface area contributed by atoms with Crippen LogP contribution in [0.25, 0.3) is 0 Å². The van der Waals surface area contributed by atoms with E-state index in [1.165, 1.54) is 25.8 Å². The molecule has 104 valence electrons. The normalized spacial score (nSPS) is 22.4. The van der Waals surface area contributed by atoms with Crippen LogP contribution in [-0.2, 0) is 9.59 Å². The molecule has 6 heteroatoms. The summed E-state index contributed by atoms with van der Waals surface area (Å²) < 4.78 is 0. The Morgan fingerprint density at radius 1 is 1.61 bits per heavy atom. The van der Waals surface area contributed by atoms with E-state index >= 15 is 0 Å². The SMILES string of the molecule is CN1CCCCC1CCSCC(NC=O)C(=O)O. The molecule has 5 nitrogen and oxygen atoms in total. The summed E-state index contributed by atoms with van der Waals surface area (Å²) >= 11 is 1.60. The van der Waals surface area contributed by atoms with E-state index < -0.39 is 12.0 Å². The molecule has 0 aromatic carbocycles. The molecule has 1 fully saturated rings. The van der Waals surface area contributed by atoms with Gasteiger partial charge in [-0.05, 0) is 38.6 Å². The first-order chi connectivity index (χ1) is 8.65. The Balaban J connectivity index is 2.16. The van der Waals surface area contributed by atoms with Gasteiger partial charge in [-0.2, -0.15) is 11.8 Å². The van der Waals surface area contributed by atoms with Crippen molar-refractivity contribution >= 4 is 24.1 Å². The maximum absolute atomic E-state index is 10.8. The summed E-state index contributed by atoms with van der Waals surface area (Å²) in [6.45, 7) is 1.17. The van der Waals surface area contributed by atoms with Crippen LogP contribution >= 0.6 is 11.8 Å². The van der Waals surface area contributed by atoms with Gasteiger partial charge in [-0.25, -0.2) is 4.79 Å². The van der Waals surface area contributed by atoms with Gasteiger partial charge in [-0.15, -0.1) is 0 Å². The van der Waals surface area contributed by atoms with Gasteiger partial charge in [-0.3, -0.25) is 4.79 Å². The number of piperidine rings is 1. The zero-order chi connectivity index (χ0) is 13.4. The van der Waals surface area contributed by atoms with Crippen molar-refractivity contribution in [2.24, 2.45) is 0 Å². The van der Waals surface area contributed by atoms with Crippen molar-refractivity contribution < 1.29 is 14.7 Å². The standard InChI is InChI=1S/C12H22N2O3S/c1-14-6-3-2-4-10(14)5-7-18-8-11(12(16)17)13-9-15/h9-11H,2-8H2,1H3,(H,13,15)(H,16,17). The van der Waals surface area contributed by atoms with Crippen LogP contribution in [0.3, 0.4) is 0 Å². The van der Waals surface area contributed by atoms with Gasteiger partial charge in [0.2, 0.25) is 6.41 Å². The lowest BCUT2D eigenvalue weighted by Crippen LogP contribution is -2.38. The zero-order valence-corrected chi connectivity index (χ0v) is 11.6. The molecule has 1 heterocycles. The number of thioether (sulfide) groups is 1. The molecule has 0 radical (unpaired) electrons. The number of carbonyl (C=O) groups excluding carboxylic acids is 1. The lowest BCUT2D eigenvalue weighted by molar-refractivity contribution is -0.139. The number of aliphatic carboxylic acids is 1. The molecule has 18 heavy (non-hydrogen) atoms. The summed E-state index contributed by atoms with van der Waals surface area (Å²) in [6.07, 6.45) is 5.36. The van der Waals surface area contributed by atoms with Crippen molar-refractivity contribution in [3.8, 4) is 0 Å². The van der Waals surface area contributed by atoms with E-state index in [1.807, 2.05) is 0 Å². The van der Waals surface area contributed by atoms with E-state index in [9.17, 15) is 9.59 Å². The highest BCUT2D eigenvalue weighted by Crippen LogP contribution is 2.19. The molecule has 0 saturated carbocycles. The Morgan fingerprint density at radius 2 is 2.39 bits per heavy atom. The largest absolute Gasteiger partial charge is 0.480 e. The molecule has 2 atom stereocenters. The number of hydrogen-bond donors (Lipinski definition) is 2. The highest BCUT2D eigenvalue weighted by molar-refractivity contribution is 7.99. The van der Waals surface area contributed by atoms with E-state index in [0.29, 0.717) is 18.2 Å². The molecule has 0 aromatic heterocycles. The van der Waals surface area contributed by atoms with Crippen LogP contribution in [0.5, 0.6) is 0 Å². The third-order valence-corrected chi connectivity index (χ3v) is 4.46. The molecule has 0 aliphatic carbocycles. The summed E-state index contributed by atoms with van der Waals surface area (Å²) in [5, 5.41) is 11.2. The first-order valence-electron chi connectivity index (χ1n) is 6.35. The predicted octanol–water partition coefficient (Wildman–Crippen LogP) is 0.793. The number of carbonyl (C=O) groups is 2. The van der Waals surface area contributed by atoms with Crippen molar-refractivity contribution in [2.45, 2.75) is 37.8 Å². The second kappa shape index (κ2) is 8.37. The molecule has 1 aliphatic heterocycles. The highest BCUT2D eigenvalue weighted by atomic mass is 32.2. The van der Waals surface area contributed by atoms with E-state index in [-0.39, 0.29) is 0 Å². The molecule has 0 aromatic rings. The maximum atomic E-state index is 10.8. The summed E-state index contributed by atoms with van der Waals surface area (Å²) in [7, 11) is 2.16. The molecule has 1 aliphatic rings. The fraction of sp³-hybridized carbons (Fsp3) is 0.833. The van der Waals surface area contributed by atoms with Crippen molar-refractivity contribution in [3.63, 3.8) is 0 Å². The Kier molecular flexibility index (Phi) is 7.12. The molecule has 2 unspecified atom stereocenters. The van der Waals surface area contributed by atoms with Gasteiger partial charge in [-0.1, -0.05) is 6.42 Å². The van der Waals surface area contributed by atoms with Crippen LogP contribution in [0.4, 0.5) is 0 Å². The molecule has 0 bridgehead atoms. The molecule has 1 saturated heterocycles. The van der Waals surface area contributed by atoms with Crippen molar-refractivity contribution in [3.05, 3.63) is 0 Å². The average molecular weight is 274 g/mol. The smallest absolute Gasteiger partial charge is 0.327 e. The van der Waals surface area contributed by atoms with Crippen LogP contribution in [-0.4, -0.2) is 59.6 Å². The monoisotopic (exact) mass is 274 g/mol. The molecule has 2 N–H and O–H groups in total. The molecule has 1 amide bonds. The number of nitrogens with zero attached hydrogens (tertiary/aromatic N) is 1. The van der Waals surface area contributed by atoms with Gasteiger partial charge in [0.1, 0.15) is 6.04 Å². The minimum absolute atomic E-state index is 0.435. The number of carboxylic acids is 1. The third kappa shape index (κ3) is 5.27. The number of nitrogens with one attached hydrogen (secondary N) is 1. The van der Waals surface area contributed by atoms with Crippen LogP contribution in [0.2, 0.25) is 0 Å². The first-order valence-corrected chi connectivity index (χ1v) is 7.51. The fourth-order valence-corrected chi connectivity index (χ4v) is 3.28. The topological polar surface area (TPSA) is 69.6 Å². The minimum Gasteiger partial charge on any atom is -0.480 e. The lowest BCUT2D eigenvalue weighted by atomic mass is 10.0. The Bertz CT molecular complexity index is 276. The van der Waals surface area contributed by atoms with Gasteiger partial charge in [0.15, 0.2) is 0 Å². The van der Waals surface area contributed by atoms with E-state index in [0.717, 1.165) is 12.2 Å². The molecular formula is C12H22N2O3S. The summed E-state index contributed by atoms with van der Waals surface area (Å²) in [5.41, 5.74) is 0. The average Bonchev–Trinajstić information content (AvgIpc) is 2.35.